The Morgan fingerprint density at radius 2 is 2.12 bits per heavy atom. The summed E-state index contributed by atoms with van der Waals surface area (Å²) in [5, 5.41) is 8.80. The molecular weight excluding hydrogens is 367 g/mol. The normalized spacial score (nSPS) is 19.2. The van der Waals surface area contributed by atoms with Crippen LogP contribution in [0.4, 0.5) is 18.9 Å². The number of carbonyl (C=O) groups is 1. The molecule has 1 saturated heterocycles. The lowest BCUT2D eigenvalue weighted by Crippen LogP contribution is -2.45. The number of esters is 1. The van der Waals surface area contributed by atoms with E-state index in [1.807, 2.05) is 4.90 Å². The summed E-state index contributed by atoms with van der Waals surface area (Å²) in [5.41, 5.74) is -0.331. The SMILES string of the molecule is CN1CCC[C@@H]1CN(c1cn(C)nc1OC(=O)C(F)(F)F)S(N)(=O)=O. The van der Waals surface area contributed by atoms with Crippen molar-refractivity contribution < 1.29 is 31.1 Å². The minimum atomic E-state index is -5.24. The van der Waals surface area contributed by atoms with E-state index in [0.29, 0.717) is 10.7 Å². The Morgan fingerprint density at radius 3 is 2.60 bits per heavy atom. The maximum Gasteiger partial charge on any atom is 0.491 e. The van der Waals surface area contributed by atoms with E-state index in [-0.39, 0.29) is 18.3 Å². The number of carbonyl (C=O) groups excluding carboxylic acids is 1. The lowest BCUT2D eigenvalue weighted by Gasteiger charge is -2.27. The molecule has 142 valence electrons. The molecule has 0 spiro atoms. The molecule has 1 fully saturated rings. The number of ether oxygens (including phenoxy) is 1. The zero-order chi connectivity index (χ0) is 19.0. The van der Waals surface area contributed by atoms with Gasteiger partial charge in [0.05, 0.1) is 12.7 Å². The largest absolute Gasteiger partial charge is 0.491 e. The fraction of sp³-hybridized carbons (Fsp3) is 0.667. The number of aryl methyl sites for hydroxylation is 1. The Kier molecular flexibility index (Phi) is 5.30. The molecule has 2 rings (SSSR count). The summed E-state index contributed by atoms with van der Waals surface area (Å²) in [4.78, 5) is 13.0. The average molecular weight is 385 g/mol. The van der Waals surface area contributed by atoms with Crippen LogP contribution >= 0.6 is 0 Å². The highest BCUT2D eigenvalue weighted by Crippen LogP contribution is 2.31. The van der Waals surface area contributed by atoms with Gasteiger partial charge in [-0.3, -0.25) is 4.68 Å². The van der Waals surface area contributed by atoms with Crippen molar-refractivity contribution in [2.24, 2.45) is 12.2 Å². The molecule has 25 heavy (non-hydrogen) atoms. The van der Waals surface area contributed by atoms with Crippen LogP contribution in [0.3, 0.4) is 0 Å². The first-order valence-electron chi connectivity index (χ1n) is 7.23. The summed E-state index contributed by atoms with van der Waals surface area (Å²) >= 11 is 0. The Labute approximate surface area is 142 Å². The minimum Gasteiger partial charge on any atom is -0.397 e. The van der Waals surface area contributed by atoms with Crippen molar-refractivity contribution in [2.75, 3.05) is 24.4 Å². The maximum absolute atomic E-state index is 12.4. The van der Waals surface area contributed by atoms with Crippen molar-refractivity contribution in [3.63, 3.8) is 0 Å². The summed E-state index contributed by atoms with van der Waals surface area (Å²) in [6.45, 7) is 0.656. The third kappa shape index (κ3) is 4.61. The van der Waals surface area contributed by atoms with Gasteiger partial charge < -0.3 is 9.64 Å². The van der Waals surface area contributed by atoms with Crippen molar-refractivity contribution in [1.82, 2.24) is 14.7 Å². The molecule has 0 radical (unpaired) electrons. The fourth-order valence-corrected chi connectivity index (χ4v) is 3.36. The van der Waals surface area contributed by atoms with Crippen molar-refractivity contribution >= 4 is 21.9 Å². The van der Waals surface area contributed by atoms with E-state index in [2.05, 4.69) is 9.84 Å². The van der Waals surface area contributed by atoms with Gasteiger partial charge in [-0.25, -0.2) is 14.2 Å². The molecule has 1 aliphatic rings. The summed E-state index contributed by atoms with van der Waals surface area (Å²) in [5.74, 6) is -3.28. The van der Waals surface area contributed by atoms with Gasteiger partial charge in [-0.05, 0) is 26.4 Å². The smallest absolute Gasteiger partial charge is 0.397 e. The molecule has 1 aliphatic heterocycles. The number of likely N-dealkylation sites (tertiary alicyclic amines) is 1. The summed E-state index contributed by atoms with van der Waals surface area (Å²) in [6, 6.07) is -0.176. The second-order valence-electron chi connectivity index (χ2n) is 5.73. The zero-order valence-electron chi connectivity index (χ0n) is 13.5. The molecule has 9 nitrogen and oxygen atoms in total. The molecule has 2 heterocycles. The number of likely N-dealkylation sites (N-methyl/N-ethyl adjacent to an activating group) is 1. The van der Waals surface area contributed by atoms with Crippen LogP contribution < -0.4 is 14.2 Å². The number of hydrogen-bond donors (Lipinski definition) is 1. The second-order valence-corrected chi connectivity index (χ2v) is 7.20. The van der Waals surface area contributed by atoms with Gasteiger partial charge in [0.15, 0.2) is 0 Å². The van der Waals surface area contributed by atoms with Gasteiger partial charge in [-0.15, -0.1) is 5.10 Å². The maximum atomic E-state index is 12.4. The van der Waals surface area contributed by atoms with Gasteiger partial charge in [0.1, 0.15) is 5.69 Å². The fourth-order valence-electron chi connectivity index (χ4n) is 2.59. The van der Waals surface area contributed by atoms with E-state index in [0.717, 1.165) is 23.8 Å². The van der Waals surface area contributed by atoms with Crippen molar-refractivity contribution in [1.29, 1.82) is 0 Å². The first-order valence-corrected chi connectivity index (χ1v) is 8.73. The van der Waals surface area contributed by atoms with Crippen molar-refractivity contribution in [3.05, 3.63) is 6.20 Å². The minimum absolute atomic E-state index is 0.0996. The summed E-state index contributed by atoms with van der Waals surface area (Å²) < 4.78 is 67.1. The molecule has 2 N–H and O–H groups in total. The lowest BCUT2D eigenvalue weighted by atomic mass is 10.2. The van der Waals surface area contributed by atoms with Gasteiger partial charge in [0, 0.05) is 13.1 Å². The predicted molar refractivity (Wildman–Crippen MR) is 81.0 cm³/mol. The highest BCUT2D eigenvalue weighted by molar-refractivity contribution is 7.90. The van der Waals surface area contributed by atoms with Gasteiger partial charge in [-0.2, -0.15) is 21.6 Å². The quantitative estimate of drug-likeness (QED) is 0.714. The van der Waals surface area contributed by atoms with Gasteiger partial charge in [0.2, 0.25) is 0 Å². The molecule has 0 amide bonds. The molecule has 0 bridgehead atoms. The predicted octanol–water partition coefficient (Wildman–Crippen LogP) is -0.00810. The van der Waals surface area contributed by atoms with Crippen LogP contribution in [-0.2, 0) is 22.1 Å². The van der Waals surface area contributed by atoms with E-state index in [4.69, 9.17) is 5.14 Å². The molecule has 1 aromatic heterocycles. The van der Waals surface area contributed by atoms with Crippen LogP contribution in [0.2, 0.25) is 0 Å². The molecular formula is C12H18F3N5O4S. The van der Waals surface area contributed by atoms with Crippen LogP contribution in [0.1, 0.15) is 12.8 Å². The Bertz CT molecular complexity index is 748. The van der Waals surface area contributed by atoms with E-state index in [1.54, 1.807) is 7.05 Å². The van der Waals surface area contributed by atoms with E-state index >= 15 is 0 Å². The third-order valence-corrected chi connectivity index (χ3v) is 4.78. The molecule has 13 heteroatoms. The van der Waals surface area contributed by atoms with Crippen LogP contribution in [0.5, 0.6) is 5.88 Å². The number of nitrogens with zero attached hydrogens (tertiary/aromatic N) is 4. The van der Waals surface area contributed by atoms with Crippen LogP contribution in [0.25, 0.3) is 0 Å². The first kappa shape index (κ1) is 19.5. The second kappa shape index (κ2) is 6.80. The monoisotopic (exact) mass is 385 g/mol. The zero-order valence-corrected chi connectivity index (χ0v) is 14.3. The number of halogens is 3. The van der Waals surface area contributed by atoms with Gasteiger partial charge in [-0.1, -0.05) is 0 Å². The van der Waals surface area contributed by atoms with E-state index < -0.39 is 28.2 Å². The van der Waals surface area contributed by atoms with Crippen LogP contribution in [-0.4, -0.2) is 61.4 Å². The Hall–Kier alpha value is -1.86. The number of rotatable bonds is 5. The molecule has 0 unspecified atom stereocenters. The van der Waals surface area contributed by atoms with Crippen LogP contribution in [0, 0.1) is 0 Å². The van der Waals surface area contributed by atoms with E-state index in [9.17, 15) is 26.4 Å². The summed E-state index contributed by atoms with van der Waals surface area (Å²) in [6.07, 6.45) is -2.58. The Balaban J connectivity index is 2.36. The van der Waals surface area contributed by atoms with Crippen LogP contribution in [0.15, 0.2) is 6.20 Å². The standard InChI is InChI=1S/C12H18F3N5O4S/c1-18-5-3-4-8(18)6-20(25(16,22)23)9-7-19(2)17-10(9)24-11(21)12(13,14)15/h7-8H,3-6H2,1-2H3,(H2,16,22,23)/t8-/m1/s1. The third-order valence-electron chi connectivity index (χ3n) is 3.82. The molecule has 1 aromatic rings. The molecule has 0 saturated carbocycles. The van der Waals surface area contributed by atoms with Gasteiger partial charge in [0.25, 0.3) is 16.1 Å². The highest BCUT2D eigenvalue weighted by atomic mass is 32.2. The number of hydrogen-bond acceptors (Lipinski definition) is 6. The lowest BCUT2D eigenvalue weighted by molar-refractivity contribution is -0.189. The molecule has 0 aliphatic carbocycles. The number of anilines is 1. The molecule has 0 aromatic carbocycles. The van der Waals surface area contributed by atoms with E-state index in [1.165, 1.54) is 7.05 Å². The number of nitrogens with two attached hydrogens (primary N) is 1. The number of alkyl halides is 3. The average Bonchev–Trinajstić information content (AvgIpc) is 3.00. The highest BCUT2D eigenvalue weighted by Gasteiger charge is 2.43. The Morgan fingerprint density at radius 1 is 1.48 bits per heavy atom. The topological polar surface area (TPSA) is 111 Å². The number of aromatic nitrogens is 2. The van der Waals surface area contributed by atoms with Crippen molar-refractivity contribution in [3.8, 4) is 5.88 Å². The van der Waals surface area contributed by atoms with Crippen molar-refractivity contribution in [2.45, 2.75) is 25.1 Å². The first-order chi connectivity index (χ1) is 11.4. The molecule has 1 atom stereocenters. The summed E-state index contributed by atoms with van der Waals surface area (Å²) in [7, 11) is -1.19. The van der Waals surface area contributed by atoms with Gasteiger partial charge >= 0.3 is 12.1 Å².